The Kier molecular flexibility index (Phi) is 2.93. The van der Waals surface area contributed by atoms with Crippen molar-refractivity contribution in [3.63, 3.8) is 0 Å². The Bertz CT molecular complexity index is 392. The van der Waals surface area contributed by atoms with Crippen LogP contribution in [0.25, 0.3) is 0 Å². The third kappa shape index (κ3) is 2.49. The van der Waals surface area contributed by atoms with Crippen molar-refractivity contribution >= 4 is 17.6 Å². The molecule has 80 valence electrons. The summed E-state index contributed by atoms with van der Waals surface area (Å²) in [6.07, 6.45) is 0.903. The molecule has 1 aromatic rings. The number of carboxylic acid groups (broad SMARTS) is 1. The van der Waals surface area contributed by atoms with Crippen molar-refractivity contribution in [2.45, 2.75) is 13.0 Å². The van der Waals surface area contributed by atoms with E-state index in [1.54, 1.807) is 0 Å². The van der Waals surface area contributed by atoms with Gasteiger partial charge in [0.05, 0.1) is 6.54 Å². The predicted molar refractivity (Wildman–Crippen MR) is 58.1 cm³/mol. The van der Waals surface area contributed by atoms with E-state index in [0.29, 0.717) is 11.6 Å². The number of halogens is 1. The molecule has 1 aliphatic heterocycles. The fourth-order valence-corrected chi connectivity index (χ4v) is 2.11. The smallest absolute Gasteiger partial charge is 0.317 e. The molecule has 0 fully saturated rings. The van der Waals surface area contributed by atoms with Gasteiger partial charge in [0.25, 0.3) is 0 Å². The van der Waals surface area contributed by atoms with Crippen molar-refractivity contribution in [1.29, 1.82) is 0 Å². The van der Waals surface area contributed by atoms with Gasteiger partial charge in [0.1, 0.15) is 0 Å². The van der Waals surface area contributed by atoms with Gasteiger partial charge in [-0.15, -0.1) is 0 Å². The average molecular weight is 226 g/mol. The van der Waals surface area contributed by atoms with Crippen LogP contribution < -0.4 is 0 Å². The lowest BCUT2D eigenvalue weighted by atomic mass is 10.00. The molecule has 2 rings (SSSR count). The van der Waals surface area contributed by atoms with E-state index in [1.807, 2.05) is 23.1 Å². The maximum atomic E-state index is 10.6. The zero-order valence-electron chi connectivity index (χ0n) is 8.24. The summed E-state index contributed by atoms with van der Waals surface area (Å²) in [5, 5.41) is 9.41. The Morgan fingerprint density at radius 2 is 2.27 bits per heavy atom. The average Bonchev–Trinajstić information content (AvgIpc) is 2.16. The number of carboxylic acids is 1. The van der Waals surface area contributed by atoms with Gasteiger partial charge in [0, 0.05) is 18.1 Å². The standard InChI is InChI=1S/C11H12ClNO2/c12-10-2-1-8-3-4-13(7-11(14)15)6-9(8)5-10/h1-2,5H,3-4,6-7H2,(H,14,15). The van der Waals surface area contributed by atoms with Crippen LogP contribution in [0.2, 0.25) is 5.02 Å². The van der Waals surface area contributed by atoms with Crippen molar-refractivity contribution in [2.75, 3.05) is 13.1 Å². The lowest BCUT2D eigenvalue weighted by molar-refractivity contribution is -0.138. The van der Waals surface area contributed by atoms with Crippen LogP contribution in [0.15, 0.2) is 18.2 Å². The molecule has 0 saturated carbocycles. The predicted octanol–water partition coefficient (Wildman–Crippen LogP) is 1.78. The molecule has 0 spiro atoms. The molecule has 15 heavy (non-hydrogen) atoms. The number of benzene rings is 1. The number of aliphatic carboxylic acids is 1. The molecule has 1 heterocycles. The van der Waals surface area contributed by atoms with E-state index in [0.717, 1.165) is 18.5 Å². The van der Waals surface area contributed by atoms with Gasteiger partial charge >= 0.3 is 5.97 Å². The molecule has 1 aromatic carbocycles. The van der Waals surface area contributed by atoms with Gasteiger partial charge in [-0.1, -0.05) is 17.7 Å². The van der Waals surface area contributed by atoms with Crippen molar-refractivity contribution in [3.8, 4) is 0 Å². The molecule has 0 saturated heterocycles. The summed E-state index contributed by atoms with van der Waals surface area (Å²) in [6.45, 7) is 1.59. The van der Waals surface area contributed by atoms with Gasteiger partial charge < -0.3 is 5.11 Å². The SMILES string of the molecule is O=C(O)CN1CCc2ccc(Cl)cc2C1. The molecule has 1 aliphatic rings. The van der Waals surface area contributed by atoms with Gasteiger partial charge in [0.2, 0.25) is 0 Å². The summed E-state index contributed by atoms with van der Waals surface area (Å²) in [6, 6.07) is 5.83. The molecule has 0 amide bonds. The molecule has 1 N–H and O–H groups in total. The quantitative estimate of drug-likeness (QED) is 0.834. The maximum absolute atomic E-state index is 10.6. The topological polar surface area (TPSA) is 40.5 Å². The first-order valence-corrected chi connectivity index (χ1v) is 5.24. The van der Waals surface area contributed by atoms with Crippen LogP contribution in [-0.4, -0.2) is 29.1 Å². The lowest BCUT2D eigenvalue weighted by Gasteiger charge is -2.27. The number of hydrogen-bond donors (Lipinski definition) is 1. The van der Waals surface area contributed by atoms with Gasteiger partial charge in [-0.2, -0.15) is 0 Å². The van der Waals surface area contributed by atoms with Crippen LogP contribution in [0, 0.1) is 0 Å². The van der Waals surface area contributed by atoms with Crippen LogP contribution in [0.5, 0.6) is 0 Å². The van der Waals surface area contributed by atoms with Gasteiger partial charge in [0.15, 0.2) is 0 Å². The number of rotatable bonds is 2. The third-order valence-electron chi connectivity index (χ3n) is 2.62. The largest absolute Gasteiger partial charge is 0.480 e. The van der Waals surface area contributed by atoms with E-state index in [4.69, 9.17) is 16.7 Å². The molecular formula is C11H12ClNO2. The minimum atomic E-state index is -0.777. The summed E-state index contributed by atoms with van der Waals surface area (Å²) in [7, 11) is 0. The monoisotopic (exact) mass is 225 g/mol. The van der Waals surface area contributed by atoms with Crippen LogP contribution in [0.1, 0.15) is 11.1 Å². The Morgan fingerprint density at radius 3 is 3.00 bits per heavy atom. The fourth-order valence-electron chi connectivity index (χ4n) is 1.91. The third-order valence-corrected chi connectivity index (χ3v) is 2.85. The Morgan fingerprint density at radius 1 is 1.47 bits per heavy atom. The Balaban J connectivity index is 2.14. The molecule has 4 heteroatoms. The number of nitrogens with zero attached hydrogens (tertiary/aromatic N) is 1. The summed E-state index contributed by atoms with van der Waals surface area (Å²) >= 11 is 5.90. The summed E-state index contributed by atoms with van der Waals surface area (Å²) < 4.78 is 0. The second-order valence-electron chi connectivity index (χ2n) is 3.77. The minimum Gasteiger partial charge on any atom is -0.480 e. The molecule has 0 radical (unpaired) electrons. The summed E-state index contributed by atoms with van der Waals surface area (Å²) in [4.78, 5) is 12.5. The minimum absolute atomic E-state index is 0.103. The van der Waals surface area contributed by atoms with E-state index < -0.39 is 5.97 Å². The highest BCUT2D eigenvalue weighted by Crippen LogP contribution is 2.22. The molecule has 0 atom stereocenters. The van der Waals surface area contributed by atoms with E-state index in [1.165, 1.54) is 5.56 Å². The van der Waals surface area contributed by atoms with E-state index in [-0.39, 0.29) is 6.54 Å². The summed E-state index contributed by atoms with van der Waals surface area (Å²) in [5.74, 6) is -0.777. The molecule has 0 aliphatic carbocycles. The fraction of sp³-hybridized carbons (Fsp3) is 0.364. The normalized spacial score (nSPS) is 16.1. The van der Waals surface area contributed by atoms with Crippen molar-refractivity contribution in [1.82, 2.24) is 4.90 Å². The van der Waals surface area contributed by atoms with Crippen molar-refractivity contribution in [3.05, 3.63) is 34.3 Å². The summed E-state index contributed by atoms with van der Waals surface area (Å²) in [5.41, 5.74) is 2.43. The first-order chi connectivity index (χ1) is 7.15. The van der Waals surface area contributed by atoms with Crippen LogP contribution in [0.4, 0.5) is 0 Å². The highest BCUT2D eigenvalue weighted by molar-refractivity contribution is 6.30. The zero-order chi connectivity index (χ0) is 10.8. The van der Waals surface area contributed by atoms with Crippen LogP contribution in [-0.2, 0) is 17.8 Å². The van der Waals surface area contributed by atoms with Crippen molar-refractivity contribution in [2.24, 2.45) is 0 Å². The van der Waals surface area contributed by atoms with E-state index in [9.17, 15) is 4.79 Å². The van der Waals surface area contributed by atoms with Crippen molar-refractivity contribution < 1.29 is 9.90 Å². The maximum Gasteiger partial charge on any atom is 0.317 e. The van der Waals surface area contributed by atoms with E-state index >= 15 is 0 Å². The number of fused-ring (bicyclic) bond motifs is 1. The highest BCUT2D eigenvalue weighted by Gasteiger charge is 2.17. The molecule has 3 nitrogen and oxygen atoms in total. The first kappa shape index (κ1) is 10.5. The molecule has 0 bridgehead atoms. The number of hydrogen-bond acceptors (Lipinski definition) is 2. The van der Waals surface area contributed by atoms with Gasteiger partial charge in [-0.25, -0.2) is 0 Å². The van der Waals surface area contributed by atoms with Gasteiger partial charge in [-0.05, 0) is 29.7 Å². The Hall–Kier alpha value is -1.06. The first-order valence-electron chi connectivity index (χ1n) is 4.86. The van der Waals surface area contributed by atoms with E-state index in [2.05, 4.69) is 0 Å². The van der Waals surface area contributed by atoms with Crippen LogP contribution in [0.3, 0.4) is 0 Å². The molecular weight excluding hydrogens is 214 g/mol. The number of carbonyl (C=O) groups is 1. The van der Waals surface area contributed by atoms with Gasteiger partial charge in [-0.3, -0.25) is 9.69 Å². The van der Waals surface area contributed by atoms with Crippen LogP contribution >= 0.6 is 11.6 Å². The highest BCUT2D eigenvalue weighted by atomic mass is 35.5. The second kappa shape index (κ2) is 4.21. The second-order valence-corrected chi connectivity index (χ2v) is 4.20. The Labute approximate surface area is 93.3 Å². The zero-order valence-corrected chi connectivity index (χ0v) is 9.00. The molecule has 0 aromatic heterocycles. The lowest BCUT2D eigenvalue weighted by Crippen LogP contribution is -2.34. The molecule has 0 unspecified atom stereocenters.